The number of fused-ring (bicyclic) bond motifs is 1. The second-order valence-electron chi connectivity index (χ2n) is 5.33. The van der Waals surface area contributed by atoms with Crippen molar-refractivity contribution in [1.29, 1.82) is 0 Å². The molecule has 116 valence electrons. The standard InChI is InChI=1S/C14H19ClN2O3S/c1-10-8-12-11(4-2-5-13(12)15)14(10)17-21(19,20)7-3-6-16-9-18/h2,4-5,9-10,14,17H,3,6-8H2,1H3,(H,16,18). The first-order valence-corrected chi connectivity index (χ1v) is 8.92. The van der Waals surface area contributed by atoms with Crippen molar-refractivity contribution in [3.63, 3.8) is 0 Å². The molecule has 7 heteroatoms. The largest absolute Gasteiger partial charge is 0.359 e. The van der Waals surface area contributed by atoms with Gasteiger partial charge in [0, 0.05) is 17.6 Å². The molecule has 2 N–H and O–H groups in total. The third-order valence-electron chi connectivity index (χ3n) is 3.71. The van der Waals surface area contributed by atoms with Crippen molar-refractivity contribution in [2.75, 3.05) is 12.3 Å². The lowest BCUT2D eigenvalue weighted by molar-refractivity contribution is -0.109. The van der Waals surface area contributed by atoms with Crippen LogP contribution in [0.25, 0.3) is 0 Å². The van der Waals surface area contributed by atoms with E-state index in [-0.39, 0.29) is 17.7 Å². The van der Waals surface area contributed by atoms with Crippen molar-refractivity contribution < 1.29 is 13.2 Å². The zero-order valence-corrected chi connectivity index (χ0v) is 13.4. The van der Waals surface area contributed by atoms with Crippen LogP contribution < -0.4 is 10.0 Å². The van der Waals surface area contributed by atoms with E-state index in [0.717, 1.165) is 17.5 Å². The summed E-state index contributed by atoms with van der Waals surface area (Å²) < 4.78 is 27.0. The monoisotopic (exact) mass is 330 g/mol. The Bertz CT molecular complexity index is 619. The van der Waals surface area contributed by atoms with Crippen LogP contribution in [0.4, 0.5) is 0 Å². The minimum absolute atomic E-state index is 0.00699. The summed E-state index contributed by atoms with van der Waals surface area (Å²) in [6, 6.07) is 5.36. The van der Waals surface area contributed by atoms with Crippen LogP contribution in [0.5, 0.6) is 0 Å². The molecule has 1 aromatic rings. The molecule has 1 aliphatic rings. The quantitative estimate of drug-likeness (QED) is 0.589. The third-order valence-corrected chi connectivity index (χ3v) is 5.50. The van der Waals surface area contributed by atoms with Crippen LogP contribution in [-0.2, 0) is 21.2 Å². The lowest BCUT2D eigenvalue weighted by Crippen LogP contribution is -2.33. The van der Waals surface area contributed by atoms with Gasteiger partial charge < -0.3 is 5.32 Å². The Kier molecular flexibility index (Phi) is 5.24. The highest BCUT2D eigenvalue weighted by Crippen LogP contribution is 2.39. The molecule has 0 heterocycles. The van der Waals surface area contributed by atoms with Gasteiger partial charge in [-0.25, -0.2) is 13.1 Å². The number of sulfonamides is 1. The van der Waals surface area contributed by atoms with Gasteiger partial charge >= 0.3 is 0 Å². The fourth-order valence-corrected chi connectivity index (χ4v) is 4.33. The molecule has 1 aromatic carbocycles. The second kappa shape index (κ2) is 6.77. The molecule has 0 spiro atoms. The molecule has 0 saturated heterocycles. The van der Waals surface area contributed by atoms with Crippen LogP contribution >= 0.6 is 11.6 Å². The smallest absolute Gasteiger partial charge is 0.212 e. The highest BCUT2D eigenvalue weighted by Gasteiger charge is 2.33. The first-order chi connectivity index (χ1) is 9.94. The number of amides is 1. The number of rotatable bonds is 7. The maximum Gasteiger partial charge on any atom is 0.212 e. The van der Waals surface area contributed by atoms with E-state index < -0.39 is 10.0 Å². The van der Waals surface area contributed by atoms with Gasteiger partial charge in [-0.05, 0) is 36.0 Å². The highest BCUT2D eigenvalue weighted by atomic mass is 35.5. The Balaban J connectivity index is 2.06. The van der Waals surface area contributed by atoms with Gasteiger partial charge in [0.2, 0.25) is 16.4 Å². The van der Waals surface area contributed by atoms with Crippen molar-refractivity contribution >= 4 is 28.0 Å². The van der Waals surface area contributed by atoms with Gasteiger partial charge in [-0.15, -0.1) is 0 Å². The van der Waals surface area contributed by atoms with E-state index in [2.05, 4.69) is 10.0 Å². The molecule has 1 amide bonds. The summed E-state index contributed by atoms with van der Waals surface area (Å²) in [4.78, 5) is 10.1. The summed E-state index contributed by atoms with van der Waals surface area (Å²) in [7, 11) is -3.38. The summed E-state index contributed by atoms with van der Waals surface area (Å²) in [6.45, 7) is 2.37. The van der Waals surface area contributed by atoms with Gasteiger partial charge in [0.15, 0.2) is 0 Å². The molecule has 0 aliphatic heterocycles. The van der Waals surface area contributed by atoms with Gasteiger partial charge in [-0.1, -0.05) is 30.7 Å². The maximum atomic E-state index is 12.1. The zero-order chi connectivity index (χ0) is 15.5. The first kappa shape index (κ1) is 16.3. The first-order valence-electron chi connectivity index (χ1n) is 6.89. The van der Waals surface area contributed by atoms with E-state index in [9.17, 15) is 13.2 Å². The van der Waals surface area contributed by atoms with Crippen molar-refractivity contribution in [3.8, 4) is 0 Å². The van der Waals surface area contributed by atoms with Crippen molar-refractivity contribution in [2.45, 2.75) is 25.8 Å². The Morgan fingerprint density at radius 1 is 1.43 bits per heavy atom. The van der Waals surface area contributed by atoms with Crippen LogP contribution in [0, 0.1) is 5.92 Å². The zero-order valence-electron chi connectivity index (χ0n) is 11.8. The summed E-state index contributed by atoms with van der Waals surface area (Å²) in [5.74, 6) is 0.162. The Morgan fingerprint density at radius 2 is 2.19 bits per heavy atom. The van der Waals surface area contributed by atoms with E-state index in [4.69, 9.17) is 11.6 Å². The topological polar surface area (TPSA) is 75.3 Å². The lowest BCUT2D eigenvalue weighted by Gasteiger charge is -2.18. The van der Waals surface area contributed by atoms with Crippen molar-refractivity contribution in [3.05, 3.63) is 34.3 Å². The third kappa shape index (κ3) is 3.96. The van der Waals surface area contributed by atoms with Gasteiger partial charge in [0.1, 0.15) is 0 Å². The molecule has 2 unspecified atom stereocenters. The number of halogens is 1. The lowest BCUT2D eigenvalue weighted by atomic mass is 10.0. The average molecular weight is 331 g/mol. The van der Waals surface area contributed by atoms with Gasteiger partial charge in [0.05, 0.1) is 5.75 Å². The molecule has 1 aliphatic carbocycles. The molecule has 0 saturated carbocycles. The summed E-state index contributed by atoms with van der Waals surface area (Å²) in [6.07, 6.45) is 1.73. The molecule has 0 bridgehead atoms. The number of carbonyl (C=O) groups excluding carboxylic acids is 1. The summed E-state index contributed by atoms with van der Waals surface area (Å²) >= 11 is 6.17. The highest BCUT2D eigenvalue weighted by molar-refractivity contribution is 7.89. The molecular formula is C14H19ClN2O3S. The number of nitrogens with one attached hydrogen (secondary N) is 2. The van der Waals surface area contributed by atoms with Crippen LogP contribution in [-0.4, -0.2) is 27.1 Å². The average Bonchev–Trinajstić information content (AvgIpc) is 2.73. The van der Waals surface area contributed by atoms with E-state index in [1.54, 1.807) is 0 Å². The van der Waals surface area contributed by atoms with E-state index in [0.29, 0.717) is 24.4 Å². The van der Waals surface area contributed by atoms with Gasteiger partial charge in [-0.2, -0.15) is 0 Å². The van der Waals surface area contributed by atoms with E-state index in [1.165, 1.54) is 0 Å². The van der Waals surface area contributed by atoms with Gasteiger partial charge in [0.25, 0.3) is 0 Å². The molecular weight excluding hydrogens is 312 g/mol. The number of hydrogen-bond donors (Lipinski definition) is 2. The van der Waals surface area contributed by atoms with Crippen LogP contribution in [0.1, 0.15) is 30.5 Å². The molecule has 2 rings (SSSR count). The van der Waals surface area contributed by atoms with Gasteiger partial charge in [-0.3, -0.25) is 4.79 Å². The molecule has 0 aromatic heterocycles. The number of hydrogen-bond acceptors (Lipinski definition) is 3. The molecule has 5 nitrogen and oxygen atoms in total. The minimum Gasteiger partial charge on any atom is -0.359 e. The fraction of sp³-hybridized carbons (Fsp3) is 0.500. The molecule has 2 atom stereocenters. The predicted molar refractivity (Wildman–Crippen MR) is 82.7 cm³/mol. The molecule has 0 radical (unpaired) electrons. The molecule has 21 heavy (non-hydrogen) atoms. The SMILES string of the molecule is CC1Cc2c(Cl)cccc2C1NS(=O)(=O)CCCNC=O. The fourth-order valence-electron chi connectivity index (χ4n) is 2.68. The van der Waals surface area contributed by atoms with Crippen LogP contribution in [0.3, 0.4) is 0 Å². The predicted octanol–water partition coefficient (Wildman–Crippen LogP) is 1.63. The van der Waals surface area contributed by atoms with Crippen LogP contribution in [0.2, 0.25) is 5.02 Å². The van der Waals surface area contributed by atoms with Crippen LogP contribution in [0.15, 0.2) is 18.2 Å². The second-order valence-corrected chi connectivity index (χ2v) is 7.61. The summed E-state index contributed by atoms with van der Waals surface area (Å²) in [5, 5.41) is 3.15. The van der Waals surface area contributed by atoms with Crippen molar-refractivity contribution in [1.82, 2.24) is 10.0 Å². The normalized spacial score (nSPS) is 21.0. The minimum atomic E-state index is -3.38. The number of carbonyl (C=O) groups is 1. The van der Waals surface area contributed by atoms with E-state index in [1.807, 2.05) is 25.1 Å². The number of benzene rings is 1. The maximum absolute atomic E-state index is 12.1. The molecule has 0 fully saturated rings. The van der Waals surface area contributed by atoms with E-state index >= 15 is 0 Å². The Morgan fingerprint density at radius 3 is 2.90 bits per heavy atom. The van der Waals surface area contributed by atoms with Crippen molar-refractivity contribution in [2.24, 2.45) is 5.92 Å². The summed E-state index contributed by atoms with van der Waals surface area (Å²) in [5.41, 5.74) is 1.99. The Labute approximate surface area is 130 Å². The Hall–Kier alpha value is -1.11.